The summed E-state index contributed by atoms with van der Waals surface area (Å²) in [4.78, 5) is 2.11. The fourth-order valence-corrected chi connectivity index (χ4v) is 6.65. The van der Waals surface area contributed by atoms with Crippen molar-refractivity contribution in [2.45, 2.75) is 46.6 Å². The lowest BCUT2D eigenvalue weighted by molar-refractivity contribution is -0.376. The molecule has 13 heteroatoms. The minimum absolute atomic E-state index is 0.0744. The van der Waals surface area contributed by atoms with Crippen molar-refractivity contribution in [3.05, 3.63) is 54.1 Å². The lowest BCUT2D eigenvalue weighted by Gasteiger charge is -2.42. The van der Waals surface area contributed by atoms with Crippen LogP contribution in [0.3, 0.4) is 0 Å². The molecule has 1 atom stereocenters. The second kappa shape index (κ2) is 8.86. The van der Waals surface area contributed by atoms with Gasteiger partial charge >= 0.3 is 12.4 Å². The van der Waals surface area contributed by atoms with Crippen LogP contribution in [0.15, 0.2) is 58.3 Å². The lowest BCUT2D eigenvalue weighted by atomic mass is 9.92. The molecule has 2 aliphatic rings. The quantitative estimate of drug-likeness (QED) is 0.431. The van der Waals surface area contributed by atoms with Crippen molar-refractivity contribution in [1.82, 2.24) is 4.31 Å². The summed E-state index contributed by atoms with van der Waals surface area (Å²) in [6.07, 6.45) is -10.3. The van der Waals surface area contributed by atoms with Crippen LogP contribution in [0.5, 0.6) is 0 Å². The second-order valence-electron chi connectivity index (χ2n) is 8.69. The number of anilines is 1. The van der Waals surface area contributed by atoms with Gasteiger partial charge in [0.1, 0.15) is 0 Å². The molecule has 2 aromatic carbocycles. The van der Waals surface area contributed by atoms with Crippen molar-refractivity contribution in [1.29, 1.82) is 0 Å². The highest BCUT2D eigenvalue weighted by Gasteiger charge is 2.71. The van der Waals surface area contributed by atoms with Crippen LogP contribution in [-0.2, 0) is 15.6 Å². The standard InChI is InChI=1S/C22H22F6N2O3S2/c23-21(24,25)20(31,22(26,27)28)15-7-9-16(10-8-15)29-11-12-30(17(13-29)14-5-6-14)35(32,33)19-4-2-1-3-18(19)34/h1-4,7-10,14,17,31,34H,5-6,11-13H2/t17-/m0/s1. The van der Waals surface area contributed by atoms with Gasteiger partial charge in [-0.3, -0.25) is 0 Å². The number of nitrogens with zero attached hydrogens (tertiary/aromatic N) is 2. The van der Waals surface area contributed by atoms with Crippen LogP contribution < -0.4 is 4.90 Å². The molecule has 192 valence electrons. The van der Waals surface area contributed by atoms with Gasteiger partial charge < -0.3 is 10.0 Å². The molecule has 1 aliphatic heterocycles. The van der Waals surface area contributed by atoms with Crippen molar-refractivity contribution in [2.24, 2.45) is 5.92 Å². The van der Waals surface area contributed by atoms with E-state index in [1.54, 1.807) is 23.1 Å². The molecule has 5 nitrogen and oxygen atoms in total. The molecule has 4 rings (SSSR count). The predicted molar refractivity (Wildman–Crippen MR) is 119 cm³/mol. The van der Waals surface area contributed by atoms with Crippen molar-refractivity contribution in [3.63, 3.8) is 0 Å². The molecule has 1 N–H and O–H groups in total. The Balaban J connectivity index is 1.59. The summed E-state index contributed by atoms with van der Waals surface area (Å²) in [5.74, 6) is 0.0967. The first-order valence-electron chi connectivity index (χ1n) is 10.7. The fraction of sp³-hybridized carbons (Fsp3) is 0.455. The average Bonchev–Trinajstić information content (AvgIpc) is 3.62. The molecule has 0 unspecified atom stereocenters. The second-order valence-corrected chi connectivity index (χ2v) is 11.0. The van der Waals surface area contributed by atoms with E-state index in [0.717, 1.165) is 25.0 Å². The third-order valence-electron chi connectivity index (χ3n) is 6.46. The van der Waals surface area contributed by atoms with Crippen LogP contribution in [0.2, 0.25) is 0 Å². The maximum Gasteiger partial charge on any atom is 0.430 e. The van der Waals surface area contributed by atoms with Gasteiger partial charge in [0, 0.05) is 41.8 Å². The topological polar surface area (TPSA) is 60.9 Å². The molecular weight excluding hydrogens is 518 g/mol. The number of rotatable bonds is 5. The maximum atomic E-state index is 13.4. The van der Waals surface area contributed by atoms with Gasteiger partial charge in [-0.25, -0.2) is 8.42 Å². The largest absolute Gasteiger partial charge is 0.430 e. The molecule has 2 fully saturated rings. The normalized spacial score (nSPS) is 20.8. The van der Waals surface area contributed by atoms with E-state index in [0.29, 0.717) is 22.7 Å². The van der Waals surface area contributed by atoms with Gasteiger partial charge in [-0.2, -0.15) is 30.6 Å². The molecule has 2 aromatic rings. The van der Waals surface area contributed by atoms with Gasteiger partial charge in [0.05, 0.1) is 4.90 Å². The molecule has 0 bridgehead atoms. The summed E-state index contributed by atoms with van der Waals surface area (Å²) in [5.41, 5.74) is -6.01. The Kier molecular flexibility index (Phi) is 6.61. The van der Waals surface area contributed by atoms with E-state index in [-0.39, 0.29) is 30.4 Å². The highest BCUT2D eigenvalue weighted by Crippen LogP contribution is 2.50. The number of aliphatic hydroxyl groups is 1. The molecule has 0 aromatic heterocycles. The predicted octanol–water partition coefficient (Wildman–Crippen LogP) is 4.58. The first kappa shape index (κ1) is 26.1. The summed E-state index contributed by atoms with van der Waals surface area (Å²) in [6, 6.07) is 9.25. The number of hydrogen-bond donors (Lipinski definition) is 2. The number of halogens is 6. The van der Waals surface area contributed by atoms with Gasteiger partial charge in [-0.05, 0) is 43.0 Å². The van der Waals surface area contributed by atoms with Crippen LogP contribution in [0.4, 0.5) is 32.0 Å². The maximum absolute atomic E-state index is 13.4. The van der Waals surface area contributed by atoms with Crippen LogP contribution >= 0.6 is 12.6 Å². The van der Waals surface area contributed by atoms with Crippen LogP contribution in [-0.4, -0.2) is 55.9 Å². The molecule has 0 radical (unpaired) electrons. The van der Waals surface area contributed by atoms with E-state index >= 15 is 0 Å². The molecule has 1 heterocycles. The number of sulfonamides is 1. The molecule has 0 spiro atoms. The van der Waals surface area contributed by atoms with Crippen LogP contribution in [0.1, 0.15) is 18.4 Å². The average molecular weight is 541 g/mol. The summed E-state index contributed by atoms with van der Waals surface area (Å²) in [6.45, 7) is 0.489. The van der Waals surface area contributed by atoms with E-state index in [1.165, 1.54) is 10.4 Å². The van der Waals surface area contributed by atoms with E-state index < -0.39 is 39.6 Å². The molecule has 35 heavy (non-hydrogen) atoms. The molecule has 1 saturated heterocycles. The zero-order valence-corrected chi connectivity index (χ0v) is 19.8. The van der Waals surface area contributed by atoms with Crippen molar-refractivity contribution in [2.75, 3.05) is 24.5 Å². The molecule has 1 aliphatic carbocycles. The Hall–Kier alpha value is -1.96. The van der Waals surface area contributed by atoms with Crippen molar-refractivity contribution < 1.29 is 39.9 Å². The first-order valence-corrected chi connectivity index (χ1v) is 12.6. The number of thiol groups is 1. The summed E-state index contributed by atoms with van der Waals surface area (Å²) >= 11 is 4.26. The number of alkyl halides is 6. The van der Waals surface area contributed by atoms with Crippen LogP contribution in [0, 0.1) is 5.92 Å². The minimum atomic E-state index is -5.97. The van der Waals surface area contributed by atoms with E-state index in [1.807, 2.05) is 0 Å². The molecular formula is C22H22F6N2O3S2. The zero-order chi connectivity index (χ0) is 25.8. The van der Waals surface area contributed by atoms with Gasteiger partial charge in [0.15, 0.2) is 0 Å². The van der Waals surface area contributed by atoms with E-state index in [2.05, 4.69) is 12.6 Å². The third kappa shape index (κ3) is 4.63. The summed E-state index contributed by atoms with van der Waals surface area (Å²) in [5, 5.41) is 9.59. The zero-order valence-electron chi connectivity index (χ0n) is 18.1. The van der Waals surface area contributed by atoms with Crippen molar-refractivity contribution in [3.8, 4) is 0 Å². The Morgan fingerprint density at radius 3 is 1.97 bits per heavy atom. The van der Waals surface area contributed by atoms with Gasteiger partial charge in [0.25, 0.3) is 5.60 Å². The smallest absolute Gasteiger partial charge is 0.369 e. The minimum Gasteiger partial charge on any atom is -0.369 e. The Bertz CT molecular complexity index is 1170. The number of piperazine rings is 1. The monoisotopic (exact) mass is 540 g/mol. The Morgan fingerprint density at radius 2 is 1.46 bits per heavy atom. The van der Waals surface area contributed by atoms with Crippen molar-refractivity contribution >= 4 is 28.3 Å². The van der Waals surface area contributed by atoms with E-state index in [4.69, 9.17) is 0 Å². The highest BCUT2D eigenvalue weighted by atomic mass is 32.2. The molecule has 0 amide bonds. The van der Waals surface area contributed by atoms with Crippen LogP contribution in [0.25, 0.3) is 0 Å². The lowest BCUT2D eigenvalue weighted by Crippen LogP contribution is -2.56. The Morgan fingerprint density at radius 1 is 0.886 bits per heavy atom. The summed E-state index contributed by atoms with van der Waals surface area (Å²) < 4.78 is 107. The first-order chi connectivity index (χ1) is 16.2. The Labute approximate surface area is 203 Å². The third-order valence-corrected chi connectivity index (χ3v) is 8.98. The van der Waals surface area contributed by atoms with Gasteiger partial charge in [-0.1, -0.05) is 24.3 Å². The van der Waals surface area contributed by atoms with E-state index in [9.17, 15) is 39.9 Å². The van der Waals surface area contributed by atoms with Gasteiger partial charge in [0.2, 0.25) is 10.0 Å². The number of benzene rings is 2. The number of hydrogen-bond acceptors (Lipinski definition) is 5. The summed E-state index contributed by atoms with van der Waals surface area (Å²) in [7, 11) is -3.86. The highest BCUT2D eigenvalue weighted by molar-refractivity contribution is 7.90. The SMILES string of the molecule is O=S(=O)(c1ccccc1S)N1CCN(c2ccc(C(O)(C(F)(F)F)C(F)(F)F)cc2)C[C@H]1C1CC1. The molecule has 1 saturated carbocycles. The fourth-order valence-electron chi connectivity index (χ4n) is 4.39. The van der Waals surface area contributed by atoms with Gasteiger partial charge in [-0.15, -0.1) is 12.6 Å².